The Labute approximate surface area is 139 Å². The van der Waals surface area contributed by atoms with Gasteiger partial charge in [0.2, 0.25) is 5.91 Å². The van der Waals surface area contributed by atoms with E-state index in [4.69, 9.17) is 9.47 Å². The summed E-state index contributed by atoms with van der Waals surface area (Å²) in [4.78, 5) is 22.3. The van der Waals surface area contributed by atoms with Crippen LogP contribution < -0.4 is 14.8 Å². The first-order valence-electron chi connectivity index (χ1n) is 7.31. The number of ether oxygens (including phenoxy) is 2. The molecule has 7 heteroatoms. The molecule has 1 N–H and O–H groups in total. The van der Waals surface area contributed by atoms with Gasteiger partial charge in [0.25, 0.3) is 0 Å². The van der Waals surface area contributed by atoms with Crippen molar-refractivity contribution in [2.24, 2.45) is 0 Å². The highest BCUT2D eigenvalue weighted by Crippen LogP contribution is 2.27. The van der Waals surface area contributed by atoms with E-state index in [0.29, 0.717) is 11.4 Å². The fourth-order valence-corrected chi connectivity index (χ4v) is 2.04. The molecule has 0 fully saturated rings. The van der Waals surface area contributed by atoms with Crippen LogP contribution in [-0.2, 0) is 4.79 Å². The minimum atomic E-state index is -0.508. The SMILES string of the molecule is COc1ccc(NC(=O)CCOc2cc(C)ccc2[N+](=O)[O-])cc1. The van der Waals surface area contributed by atoms with Crippen molar-refractivity contribution in [1.82, 2.24) is 0 Å². The van der Waals surface area contributed by atoms with E-state index in [0.717, 1.165) is 5.56 Å². The number of anilines is 1. The number of methoxy groups -OCH3 is 1. The van der Waals surface area contributed by atoms with E-state index in [1.807, 2.05) is 6.92 Å². The molecular formula is C17H18N2O5. The molecule has 2 aromatic carbocycles. The topological polar surface area (TPSA) is 90.7 Å². The van der Waals surface area contributed by atoms with Crippen LogP contribution in [0.25, 0.3) is 0 Å². The third-order valence-corrected chi connectivity index (χ3v) is 3.27. The maximum atomic E-state index is 11.9. The van der Waals surface area contributed by atoms with Gasteiger partial charge < -0.3 is 14.8 Å². The Hall–Kier alpha value is -3.09. The zero-order valence-corrected chi connectivity index (χ0v) is 13.4. The molecule has 0 aromatic heterocycles. The first-order valence-corrected chi connectivity index (χ1v) is 7.31. The molecule has 0 radical (unpaired) electrons. The number of aryl methyl sites for hydroxylation is 1. The highest BCUT2D eigenvalue weighted by Gasteiger charge is 2.15. The Balaban J connectivity index is 1.88. The minimum Gasteiger partial charge on any atom is -0.497 e. The summed E-state index contributed by atoms with van der Waals surface area (Å²) < 4.78 is 10.4. The fourth-order valence-electron chi connectivity index (χ4n) is 2.04. The summed E-state index contributed by atoms with van der Waals surface area (Å²) >= 11 is 0. The number of rotatable bonds is 7. The lowest BCUT2D eigenvalue weighted by molar-refractivity contribution is -0.385. The summed E-state index contributed by atoms with van der Waals surface area (Å²) in [5.74, 6) is 0.621. The number of benzene rings is 2. The Morgan fingerprint density at radius 3 is 2.54 bits per heavy atom. The van der Waals surface area contributed by atoms with E-state index in [1.165, 1.54) is 6.07 Å². The van der Waals surface area contributed by atoms with Gasteiger partial charge >= 0.3 is 5.69 Å². The standard InChI is InChI=1S/C17H18N2O5/c1-12-3-8-15(19(21)22)16(11-12)24-10-9-17(20)18-13-4-6-14(23-2)7-5-13/h3-8,11H,9-10H2,1-2H3,(H,18,20). The van der Waals surface area contributed by atoms with Crippen molar-refractivity contribution in [3.05, 3.63) is 58.1 Å². The number of amides is 1. The van der Waals surface area contributed by atoms with Crippen LogP contribution in [-0.4, -0.2) is 24.5 Å². The third kappa shape index (κ3) is 4.70. The summed E-state index contributed by atoms with van der Waals surface area (Å²) in [6, 6.07) is 11.5. The average Bonchev–Trinajstić information content (AvgIpc) is 2.55. The number of nitro groups is 1. The highest BCUT2D eigenvalue weighted by molar-refractivity contribution is 5.90. The highest BCUT2D eigenvalue weighted by atomic mass is 16.6. The molecule has 7 nitrogen and oxygen atoms in total. The van der Waals surface area contributed by atoms with Crippen molar-refractivity contribution in [3.63, 3.8) is 0 Å². The second kappa shape index (κ2) is 7.96. The summed E-state index contributed by atoms with van der Waals surface area (Å²) in [5.41, 5.74) is 1.37. The van der Waals surface area contributed by atoms with Gasteiger partial charge in [0.1, 0.15) is 5.75 Å². The molecule has 126 valence electrons. The van der Waals surface area contributed by atoms with Crippen molar-refractivity contribution in [1.29, 1.82) is 0 Å². The number of carbonyl (C=O) groups is 1. The molecule has 2 aromatic rings. The van der Waals surface area contributed by atoms with E-state index in [9.17, 15) is 14.9 Å². The van der Waals surface area contributed by atoms with Crippen LogP contribution in [0.1, 0.15) is 12.0 Å². The Kier molecular flexibility index (Phi) is 5.73. The number of nitrogens with zero attached hydrogens (tertiary/aromatic N) is 1. The molecule has 0 unspecified atom stereocenters. The largest absolute Gasteiger partial charge is 0.497 e. The summed E-state index contributed by atoms with van der Waals surface area (Å²) in [6.45, 7) is 1.86. The first-order chi connectivity index (χ1) is 11.5. The third-order valence-electron chi connectivity index (χ3n) is 3.27. The van der Waals surface area contributed by atoms with Gasteiger partial charge in [-0.3, -0.25) is 14.9 Å². The summed E-state index contributed by atoms with van der Waals surface area (Å²) in [5, 5.41) is 13.7. The second-order valence-electron chi connectivity index (χ2n) is 5.10. The number of nitrogens with one attached hydrogen (secondary N) is 1. The van der Waals surface area contributed by atoms with Gasteiger partial charge in [-0.25, -0.2) is 0 Å². The van der Waals surface area contributed by atoms with Crippen LogP contribution in [0.2, 0.25) is 0 Å². The Morgan fingerprint density at radius 1 is 1.21 bits per heavy atom. The van der Waals surface area contributed by atoms with Crippen LogP contribution >= 0.6 is 0 Å². The maximum Gasteiger partial charge on any atom is 0.310 e. The lowest BCUT2D eigenvalue weighted by atomic mass is 10.2. The molecule has 2 rings (SSSR count). The zero-order valence-electron chi connectivity index (χ0n) is 13.4. The van der Waals surface area contributed by atoms with E-state index in [1.54, 1.807) is 43.5 Å². The normalized spacial score (nSPS) is 10.1. The fraction of sp³-hybridized carbons (Fsp3) is 0.235. The lowest BCUT2D eigenvalue weighted by Crippen LogP contribution is -2.15. The van der Waals surface area contributed by atoms with Gasteiger partial charge in [-0.15, -0.1) is 0 Å². The smallest absolute Gasteiger partial charge is 0.310 e. The molecule has 0 saturated heterocycles. The number of nitro benzene ring substituents is 1. The predicted molar refractivity (Wildman–Crippen MR) is 89.6 cm³/mol. The molecule has 0 atom stereocenters. The monoisotopic (exact) mass is 330 g/mol. The molecule has 0 saturated carbocycles. The lowest BCUT2D eigenvalue weighted by Gasteiger charge is -2.09. The van der Waals surface area contributed by atoms with Crippen LogP contribution in [0.4, 0.5) is 11.4 Å². The van der Waals surface area contributed by atoms with Crippen LogP contribution in [0.3, 0.4) is 0 Å². The summed E-state index contributed by atoms with van der Waals surface area (Å²) in [7, 11) is 1.56. The molecule has 0 heterocycles. The Morgan fingerprint density at radius 2 is 1.92 bits per heavy atom. The number of hydrogen-bond donors (Lipinski definition) is 1. The van der Waals surface area contributed by atoms with Crippen LogP contribution in [0.5, 0.6) is 11.5 Å². The van der Waals surface area contributed by atoms with Crippen LogP contribution in [0, 0.1) is 17.0 Å². The maximum absolute atomic E-state index is 11.9. The molecule has 0 spiro atoms. The van der Waals surface area contributed by atoms with E-state index in [2.05, 4.69) is 5.32 Å². The molecule has 0 aliphatic rings. The summed E-state index contributed by atoms with van der Waals surface area (Å²) in [6.07, 6.45) is 0.0805. The first kappa shape index (κ1) is 17.3. The van der Waals surface area contributed by atoms with Crippen molar-refractivity contribution in [2.45, 2.75) is 13.3 Å². The van der Waals surface area contributed by atoms with Gasteiger partial charge in [0.15, 0.2) is 5.75 Å². The van der Waals surface area contributed by atoms with E-state index in [-0.39, 0.29) is 30.4 Å². The van der Waals surface area contributed by atoms with Gasteiger partial charge in [0.05, 0.1) is 25.1 Å². The van der Waals surface area contributed by atoms with Crippen molar-refractivity contribution >= 4 is 17.3 Å². The number of hydrogen-bond acceptors (Lipinski definition) is 5. The van der Waals surface area contributed by atoms with E-state index < -0.39 is 4.92 Å². The number of carbonyl (C=O) groups excluding carboxylic acids is 1. The van der Waals surface area contributed by atoms with Crippen LogP contribution in [0.15, 0.2) is 42.5 Å². The van der Waals surface area contributed by atoms with Crippen molar-refractivity contribution in [3.8, 4) is 11.5 Å². The zero-order chi connectivity index (χ0) is 17.5. The molecule has 0 aliphatic carbocycles. The van der Waals surface area contributed by atoms with Gasteiger partial charge in [0, 0.05) is 11.8 Å². The van der Waals surface area contributed by atoms with Gasteiger partial charge in [-0.2, -0.15) is 0 Å². The molecule has 1 amide bonds. The van der Waals surface area contributed by atoms with Gasteiger partial charge in [-0.05, 0) is 42.8 Å². The minimum absolute atomic E-state index is 0.0479. The quantitative estimate of drug-likeness (QED) is 0.621. The molecular weight excluding hydrogens is 312 g/mol. The molecule has 0 bridgehead atoms. The van der Waals surface area contributed by atoms with Gasteiger partial charge in [-0.1, -0.05) is 6.07 Å². The van der Waals surface area contributed by atoms with Crippen molar-refractivity contribution < 1.29 is 19.2 Å². The average molecular weight is 330 g/mol. The molecule has 0 aliphatic heterocycles. The predicted octanol–water partition coefficient (Wildman–Crippen LogP) is 3.32. The van der Waals surface area contributed by atoms with E-state index >= 15 is 0 Å². The van der Waals surface area contributed by atoms with Crippen molar-refractivity contribution in [2.75, 3.05) is 19.0 Å². The Bertz CT molecular complexity index is 728. The molecule has 24 heavy (non-hydrogen) atoms. The second-order valence-corrected chi connectivity index (χ2v) is 5.10.